The van der Waals surface area contributed by atoms with Gasteiger partial charge in [-0.3, -0.25) is 5.43 Å². The maximum Gasteiger partial charge on any atom is 0.573 e. The van der Waals surface area contributed by atoms with E-state index in [4.69, 9.17) is 17.0 Å². The Hall–Kier alpha value is -4.20. The molecule has 0 unspecified atom stereocenters. The molecule has 43 heavy (non-hydrogen) atoms. The number of alkyl halides is 3. The van der Waals surface area contributed by atoms with Gasteiger partial charge >= 0.3 is 6.36 Å². The number of benzene rings is 3. The van der Waals surface area contributed by atoms with E-state index < -0.39 is 6.36 Å². The number of ether oxygens (including phenoxy) is 2. The fourth-order valence-electron chi connectivity index (χ4n) is 4.16. The third-order valence-corrected chi connectivity index (χ3v) is 6.40. The minimum Gasteiger partial charge on any atom is -0.406 e. The average molecular weight is 614 g/mol. The van der Waals surface area contributed by atoms with Crippen LogP contribution in [0.5, 0.6) is 5.75 Å². The Morgan fingerprint density at radius 1 is 1.00 bits per heavy atom. The fraction of sp³-hybridized carbons (Fsp3) is 0.300. The molecular weight excluding hydrogens is 579 g/mol. The number of hydrazine groups is 1. The van der Waals surface area contributed by atoms with Crippen molar-refractivity contribution in [3.63, 3.8) is 0 Å². The van der Waals surface area contributed by atoms with Crippen molar-refractivity contribution in [1.29, 1.82) is 0 Å². The molecule has 4 N–H and O–H groups in total. The molecule has 1 aromatic heterocycles. The van der Waals surface area contributed by atoms with Gasteiger partial charge in [0.25, 0.3) is 0 Å². The molecule has 0 spiro atoms. The van der Waals surface area contributed by atoms with Crippen molar-refractivity contribution in [3.05, 3.63) is 83.9 Å². The Labute approximate surface area is 253 Å². The Kier molecular flexibility index (Phi) is 10.9. The molecule has 4 rings (SSSR count). The van der Waals surface area contributed by atoms with Crippen LogP contribution in [0, 0.1) is 0 Å². The highest BCUT2D eigenvalue weighted by Crippen LogP contribution is 2.26. The second-order valence-electron chi connectivity index (χ2n) is 9.71. The molecule has 0 aliphatic heterocycles. The lowest BCUT2D eigenvalue weighted by atomic mass is 10.0. The highest BCUT2D eigenvalue weighted by Gasteiger charge is 2.31. The lowest BCUT2D eigenvalue weighted by Crippen LogP contribution is -2.39. The molecular formula is C30H34F3N7O2S. The fourth-order valence-corrected chi connectivity index (χ4v) is 4.35. The molecule has 228 valence electrons. The highest BCUT2D eigenvalue weighted by atomic mass is 32.1. The first kappa shape index (κ1) is 31.7. The minimum absolute atomic E-state index is 0.321. The maximum atomic E-state index is 12.6. The molecule has 0 radical (unpaired) electrons. The van der Waals surface area contributed by atoms with Crippen molar-refractivity contribution in [2.45, 2.75) is 39.6 Å². The molecule has 0 bridgehead atoms. The van der Waals surface area contributed by atoms with Gasteiger partial charge in [0.15, 0.2) is 10.9 Å². The van der Waals surface area contributed by atoms with E-state index in [0.29, 0.717) is 54.8 Å². The SMILES string of the molecule is CCOCCNc1nc(-c2ccc(CNNC(=S)Nc3ccccc3C(C)C)cc2)nn1-c1ccc(OC(F)(F)F)cc1. The Balaban J connectivity index is 1.41. The van der Waals surface area contributed by atoms with Crippen LogP contribution in [0.2, 0.25) is 0 Å². The topological polar surface area (TPSA) is 97.3 Å². The van der Waals surface area contributed by atoms with Crippen molar-refractivity contribution < 1.29 is 22.6 Å². The van der Waals surface area contributed by atoms with Crippen molar-refractivity contribution in [2.24, 2.45) is 0 Å². The molecule has 4 aromatic rings. The van der Waals surface area contributed by atoms with Crippen molar-refractivity contribution in [3.8, 4) is 22.8 Å². The van der Waals surface area contributed by atoms with Crippen LogP contribution in [0.15, 0.2) is 72.8 Å². The summed E-state index contributed by atoms with van der Waals surface area (Å²) in [6.07, 6.45) is -4.77. The zero-order valence-corrected chi connectivity index (χ0v) is 24.9. The third kappa shape index (κ3) is 9.40. The second kappa shape index (κ2) is 14.8. The van der Waals surface area contributed by atoms with Crippen LogP contribution in [-0.2, 0) is 11.3 Å². The Bertz CT molecular complexity index is 1480. The van der Waals surface area contributed by atoms with Gasteiger partial charge in [-0.1, -0.05) is 56.3 Å². The number of nitrogens with one attached hydrogen (secondary N) is 4. The summed E-state index contributed by atoms with van der Waals surface area (Å²) in [4.78, 5) is 4.63. The quantitative estimate of drug-likeness (QED) is 0.0777. The van der Waals surface area contributed by atoms with Gasteiger partial charge in [-0.15, -0.1) is 18.3 Å². The number of nitrogens with zero attached hydrogens (tertiary/aromatic N) is 3. The predicted octanol–water partition coefficient (Wildman–Crippen LogP) is 6.40. The molecule has 0 fully saturated rings. The molecule has 3 aromatic carbocycles. The molecule has 1 heterocycles. The number of anilines is 2. The van der Waals surface area contributed by atoms with Gasteiger partial charge in [0.1, 0.15) is 5.75 Å². The largest absolute Gasteiger partial charge is 0.573 e. The lowest BCUT2D eigenvalue weighted by Gasteiger charge is -2.16. The smallest absolute Gasteiger partial charge is 0.406 e. The van der Waals surface area contributed by atoms with Crippen LogP contribution < -0.4 is 26.2 Å². The summed E-state index contributed by atoms with van der Waals surface area (Å²) < 4.78 is 48.7. The summed E-state index contributed by atoms with van der Waals surface area (Å²) in [6, 6.07) is 21.2. The molecule has 13 heteroatoms. The molecule has 0 aliphatic carbocycles. The molecule has 0 saturated heterocycles. The number of halogens is 3. The second-order valence-corrected chi connectivity index (χ2v) is 10.1. The first-order chi connectivity index (χ1) is 20.6. The molecule has 0 amide bonds. The van der Waals surface area contributed by atoms with Crippen molar-refractivity contribution >= 4 is 29.0 Å². The van der Waals surface area contributed by atoms with Crippen molar-refractivity contribution in [2.75, 3.05) is 30.4 Å². The Morgan fingerprint density at radius 2 is 1.72 bits per heavy atom. The lowest BCUT2D eigenvalue weighted by molar-refractivity contribution is -0.274. The number of aromatic nitrogens is 3. The molecule has 0 saturated carbocycles. The van der Waals surface area contributed by atoms with Crippen LogP contribution in [0.25, 0.3) is 17.1 Å². The molecule has 9 nitrogen and oxygen atoms in total. The first-order valence-corrected chi connectivity index (χ1v) is 14.2. The van der Waals surface area contributed by atoms with Gasteiger partial charge in [0.05, 0.1) is 12.3 Å². The number of hydrogen-bond donors (Lipinski definition) is 4. The number of rotatable bonds is 13. The summed E-state index contributed by atoms with van der Waals surface area (Å²) in [5, 5.41) is 11.5. The van der Waals surface area contributed by atoms with E-state index in [-0.39, 0.29) is 5.75 Å². The van der Waals surface area contributed by atoms with Gasteiger partial charge in [0.2, 0.25) is 5.95 Å². The van der Waals surface area contributed by atoms with Crippen LogP contribution in [0.3, 0.4) is 0 Å². The van der Waals surface area contributed by atoms with Crippen molar-refractivity contribution in [1.82, 2.24) is 25.6 Å². The van der Waals surface area contributed by atoms with Crippen LogP contribution in [0.4, 0.5) is 24.8 Å². The van der Waals surface area contributed by atoms with Gasteiger partial charge in [-0.05, 0) is 66.5 Å². The van der Waals surface area contributed by atoms with E-state index in [1.807, 2.05) is 49.4 Å². The maximum absolute atomic E-state index is 12.6. The predicted molar refractivity (Wildman–Crippen MR) is 165 cm³/mol. The van der Waals surface area contributed by atoms with E-state index in [1.54, 1.807) is 0 Å². The summed E-state index contributed by atoms with van der Waals surface area (Å²) in [7, 11) is 0. The third-order valence-electron chi connectivity index (χ3n) is 6.19. The van der Waals surface area contributed by atoms with Gasteiger partial charge in [-0.25, -0.2) is 5.43 Å². The molecule has 0 atom stereocenters. The zero-order chi connectivity index (χ0) is 30.8. The van der Waals surface area contributed by atoms with E-state index in [1.165, 1.54) is 34.5 Å². The Morgan fingerprint density at radius 3 is 2.40 bits per heavy atom. The summed E-state index contributed by atoms with van der Waals surface area (Å²) in [5.74, 6) is 0.910. The number of hydrogen-bond acceptors (Lipinski definition) is 7. The summed E-state index contributed by atoms with van der Waals surface area (Å²) in [6.45, 7) is 8.17. The van der Waals surface area contributed by atoms with E-state index >= 15 is 0 Å². The zero-order valence-electron chi connectivity index (χ0n) is 24.0. The summed E-state index contributed by atoms with van der Waals surface area (Å²) in [5.41, 5.74) is 10.6. The molecule has 0 aliphatic rings. The number of thiocarbonyl (C=S) groups is 1. The van der Waals surface area contributed by atoms with Gasteiger partial charge in [0, 0.05) is 30.9 Å². The van der Waals surface area contributed by atoms with Crippen LogP contribution in [0.1, 0.15) is 37.8 Å². The van der Waals surface area contributed by atoms with E-state index in [0.717, 1.165) is 16.8 Å². The minimum atomic E-state index is -4.77. The van der Waals surface area contributed by atoms with Gasteiger partial charge in [-0.2, -0.15) is 9.67 Å². The van der Waals surface area contributed by atoms with Gasteiger partial charge < -0.3 is 20.1 Å². The van der Waals surface area contributed by atoms with E-state index in [2.05, 4.69) is 56.2 Å². The highest BCUT2D eigenvalue weighted by molar-refractivity contribution is 7.80. The standard InChI is InChI=1S/C30H34F3N7O2S/c1-4-41-18-17-34-28-37-27(39-40(28)23-13-15-24(16-14-23)42-30(31,32)33)22-11-9-21(10-12-22)19-35-38-29(43)36-26-8-6-5-7-25(26)20(2)3/h5-16,20,35H,4,17-19H2,1-3H3,(H,34,37,39)(H2,36,38,43). The van der Waals surface area contributed by atoms with Crippen LogP contribution >= 0.6 is 12.2 Å². The number of para-hydroxylation sites is 1. The average Bonchev–Trinajstić information content (AvgIpc) is 3.39. The summed E-state index contributed by atoms with van der Waals surface area (Å²) >= 11 is 5.44. The first-order valence-electron chi connectivity index (χ1n) is 13.8. The normalized spacial score (nSPS) is 11.4. The van der Waals surface area contributed by atoms with Crippen LogP contribution in [-0.4, -0.2) is 46.0 Å². The van der Waals surface area contributed by atoms with E-state index in [9.17, 15) is 13.2 Å². The monoisotopic (exact) mass is 613 g/mol.